The van der Waals surface area contributed by atoms with Crippen LogP contribution in [0.3, 0.4) is 0 Å². The summed E-state index contributed by atoms with van der Waals surface area (Å²) in [6.07, 6.45) is 29.3. The van der Waals surface area contributed by atoms with Crippen LogP contribution >= 0.6 is 0 Å². The maximum Gasteiger partial charge on any atom is -0.0162 e. The van der Waals surface area contributed by atoms with Gasteiger partial charge in [0.25, 0.3) is 0 Å². The first-order valence-electron chi connectivity index (χ1n) is 16.7. The van der Waals surface area contributed by atoms with Crippen LogP contribution in [0.2, 0.25) is 0 Å². The normalized spacial score (nSPS) is 21.8. The third-order valence-corrected chi connectivity index (χ3v) is 9.77. The van der Waals surface area contributed by atoms with Crippen molar-refractivity contribution < 1.29 is 0 Å². The Kier molecular flexibility index (Phi) is 12.5. The monoisotopic (exact) mass is 512 g/mol. The minimum Gasteiger partial charge on any atom is -0.0804 e. The van der Waals surface area contributed by atoms with Crippen molar-refractivity contribution in [2.75, 3.05) is 0 Å². The molecule has 0 saturated heterocycles. The summed E-state index contributed by atoms with van der Waals surface area (Å²) in [5, 5.41) is 0. The Labute approximate surface area is 235 Å². The van der Waals surface area contributed by atoms with Crippen molar-refractivity contribution in [3.05, 3.63) is 65.7 Å². The minimum atomic E-state index is 0.778. The van der Waals surface area contributed by atoms with E-state index in [1.165, 1.54) is 139 Å². The maximum atomic E-state index is 2.53. The molecule has 2 aromatic carbocycles. The zero-order valence-corrected chi connectivity index (χ0v) is 24.9. The van der Waals surface area contributed by atoms with Crippen LogP contribution in [0.1, 0.15) is 153 Å². The van der Waals surface area contributed by atoms with Gasteiger partial charge in [0.2, 0.25) is 0 Å². The Morgan fingerprint density at radius 1 is 0.526 bits per heavy atom. The van der Waals surface area contributed by atoms with Gasteiger partial charge in [-0.05, 0) is 90.5 Å². The standard InChI is InChI=1S/C38H56/c1-3-5-7-8-9-10-11-12-14-32-17-21-34(22-18-32)36-25-29-38(30-26-36)37-27-23-35(24-28-37)33-19-15-31(16-20-33)13-6-4-2/h19,23-32,34H,3-18,20-22H2,1-2H3. The Morgan fingerprint density at radius 2 is 1.08 bits per heavy atom. The van der Waals surface area contributed by atoms with Gasteiger partial charge < -0.3 is 0 Å². The zero-order chi connectivity index (χ0) is 26.4. The molecule has 0 aliphatic heterocycles. The molecule has 0 bridgehead atoms. The molecule has 0 N–H and O–H groups in total. The molecule has 0 aromatic heterocycles. The quantitative estimate of drug-likeness (QED) is 0.208. The molecular weight excluding hydrogens is 456 g/mol. The summed E-state index contributed by atoms with van der Waals surface area (Å²) >= 11 is 0. The van der Waals surface area contributed by atoms with E-state index < -0.39 is 0 Å². The SMILES string of the molecule is CCCCCCCCCCC1CCC(c2ccc(-c3ccc(C4=CCC(CCCC)CC4)cc3)cc2)CC1. The first kappa shape index (κ1) is 29.2. The average molecular weight is 513 g/mol. The van der Waals surface area contributed by atoms with Gasteiger partial charge >= 0.3 is 0 Å². The van der Waals surface area contributed by atoms with E-state index >= 15 is 0 Å². The minimum absolute atomic E-state index is 0.778. The highest BCUT2D eigenvalue weighted by molar-refractivity contribution is 5.71. The molecule has 38 heavy (non-hydrogen) atoms. The molecular formula is C38H56. The van der Waals surface area contributed by atoms with Crippen molar-refractivity contribution in [1.29, 1.82) is 0 Å². The third kappa shape index (κ3) is 9.14. The van der Waals surface area contributed by atoms with Crippen LogP contribution < -0.4 is 0 Å². The summed E-state index contributed by atoms with van der Waals surface area (Å²) in [7, 11) is 0. The van der Waals surface area contributed by atoms with Crippen LogP contribution in [0.15, 0.2) is 54.6 Å². The molecule has 2 aromatic rings. The van der Waals surface area contributed by atoms with Crippen molar-refractivity contribution in [3.8, 4) is 11.1 Å². The summed E-state index contributed by atoms with van der Waals surface area (Å²) in [6.45, 7) is 4.62. The molecule has 0 spiro atoms. The largest absolute Gasteiger partial charge is 0.0804 e. The smallest absolute Gasteiger partial charge is 0.0162 e. The highest BCUT2D eigenvalue weighted by atomic mass is 14.3. The van der Waals surface area contributed by atoms with E-state index in [-0.39, 0.29) is 0 Å². The van der Waals surface area contributed by atoms with Crippen molar-refractivity contribution in [2.45, 2.75) is 142 Å². The van der Waals surface area contributed by atoms with Gasteiger partial charge in [0.05, 0.1) is 0 Å². The molecule has 0 heterocycles. The second-order valence-corrected chi connectivity index (χ2v) is 12.7. The summed E-state index contributed by atoms with van der Waals surface area (Å²) < 4.78 is 0. The summed E-state index contributed by atoms with van der Waals surface area (Å²) in [5.74, 6) is 2.69. The van der Waals surface area contributed by atoms with E-state index in [0.29, 0.717) is 0 Å². The van der Waals surface area contributed by atoms with Crippen LogP contribution in [-0.2, 0) is 0 Å². The van der Waals surface area contributed by atoms with Gasteiger partial charge in [-0.25, -0.2) is 0 Å². The van der Waals surface area contributed by atoms with E-state index in [4.69, 9.17) is 0 Å². The van der Waals surface area contributed by atoms with Crippen molar-refractivity contribution in [1.82, 2.24) is 0 Å². The lowest BCUT2D eigenvalue weighted by atomic mass is 9.77. The fourth-order valence-electron chi connectivity index (χ4n) is 7.08. The zero-order valence-electron chi connectivity index (χ0n) is 24.9. The van der Waals surface area contributed by atoms with Gasteiger partial charge in [0, 0.05) is 0 Å². The molecule has 0 heteroatoms. The molecule has 1 unspecified atom stereocenters. The molecule has 208 valence electrons. The van der Waals surface area contributed by atoms with E-state index in [0.717, 1.165) is 17.8 Å². The molecule has 0 nitrogen and oxygen atoms in total. The Balaban J connectivity index is 1.18. The molecule has 2 aliphatic carbocycles. The number of hydrogen-bond acceptors (Lipinski definition) is 0. The first-order valence-corrected chi connectivity index (χ1v) is 16.7. The van der Waals surface area contributed by atoms with Gasteiger partial charge in [-0.3, -0.25) is 0 Å². The number of unbranched alkanes of at least 4 members (excludes halogenated alkanes) is 8. The van der Waals surface area contributed by atoms with E-state index in [1.807, 2.05) is 0 Å². The van der Waals surface area contributed by atoms with Gasteiger partial charge in [0.1, 0.15) is 0 Å². The van der Waals surface area contributed by atoms with Gasteiger partial charge in [-0.2, -0.15) is 0 Å². The van der Waals surface area contributed by atoms with E-state index in [2.05, 4.69) is 68.5 Å². The topological polar surface area (TPSA) is 0 Å². The lowest BCUT2D eigenvalue weighted by molar-refractivity contribution is 0.302. The summed E-state index contributed by atoms with van der Waals surface area (Å²) in [6, 6.07) is 19.0. The van der Waals surface area contributed by atoms with Crippen LogP contribution in [0.4, 0.5) is 0 Å². The Hall–Kier alpha value is -1.82. The average Bonchev–Trinajstić information content (AvgIpc) is 2.98. The third-order valence-electron chi connectivity index (χ3n) is 9.77. The second kappa shape index (κ2) is 16.3. The lowest BCUT2D eigenvalue weighted by Crippen LogP contribution is -2.13. The van der Waals surface area contributed by atoms with Crippen molar-refractivity contribution >= 4 is 5.57 Å². The molecule has 0 amide bonds. The number of allylic oxidation sites excluding steroid dienone is 2. The fraction of sp³-hybridized carbons (Fsp3) is 0.632. The Morgan fingerprint density at radius 3 is 1.68 bits per heavy atom. The van der Waals surface area contributed by atoms with Gasteiger partial charge in [-0.1, -0.05) is 146 Å². The highest BCUT2D eigenvalue weighted by Gasteiger charge is 2.22. The van der Waals surface area contributed by atoms with Crippen LogP contribution in [0.5, 0.6) is 0 Å². The lowest BCUT2D eigenvalue weighted by Gasteiger charge is -2.29. The summed E-state index contributed by atoms with van der Waals surface area (Å²) in [4.78, 5) is 0. The van der Waals surface area contributed by atoms with Crippen molar-refractivity contribution in [3.63, 3.8) is 0 Å². The molecule has 1 fully saturated rings. The highest BCUT2D eigenvalue weighted by Crippen LogP contribution is 2.39. The predicted octanol–water partition coefficient (Wildman–Crippen LogP) is 12.5. The molecule has 4 rings (SSSR count). The molecule has 2 aliphatic rings. The fourth-order valence-corrected chi connectivity index (χ4v) is 7.08. The van der Waals surface area contributed by atoms with E-state index in [9.17, 15) is 0 Å². The number of hydrogen-bond donors (Lipinski definition) is 0. The Bertz CT molecular complexity index is 923. The molecule has 0 radical (unpaired) electrons. The molecule has 1 saturated carbocycles. The van der Waals surface area contributed by atoms with Crippen LogP contribution in [0.25, 0.3) is 16.7 Å². The maximum absolute atomic E-state index is 2.53. The van der Waals surface area contributed by atoms with Gasteiger partial charge in [0.15, 0.2) is 0 Å². The number of rotatable bonds is 15. The van der Waals surface area contributed by atoms with Crippen LogP contribution in [0, 0.1) is 11.8 Å². The van der Waals surface area contributed by atoms with Crippen molar-refractivity contribution in [2.24, 2.45) is 11.8 Å². The number of benzene rings is 2. The molecule has 1 atom stereocenters. The van der Waals surface area contributed by atoms with E-state index in [1.54, 1.807) is 11.1 Å². The summed E-state index contributed by atoms with van der Waals surface area (Å²) in [5.41, 5.74) is 7.29. The van der Waals surface area contributed by atoms with Gasteiger partial charge in [-0.15, -0.1) is 0 Å². The second-order valence-electron chi connectivity index (χ2n) is 12.7. The first-order chi connectivity index (χ1) is 18.8. The predicted molar refractivity (Wildman–Crippen MR) is 169 cm³/mol. The van der Waals surface area contributed by atoms with Crippen LogP contribution in [-0.4, -0.2) is 0 Å².